The molecule has 0 atom stereocenters. The molecule has 4 aromatic rings. The van der Waals surface area contributed by atoms with E-state index in [2.05, 4.69) is 9.97 Å². The summed E-state index contributed by atoms with van der Waals surface area (Å²) in [5.41, 5.74) is 1.26. The third kappa shape index (κ3) is 3.70. The maximum absolute atomic E-state index is 13.4. The van der Waals surface area contributed by atoms with Crippen LogP contribution in [0.25, 0.3) is 22.0 Å². The fraction of sp³-hybridized carbons (Fsp3) is 0. The molecule has 0 radical (unpaired) electrons. The lowest BCUT2D eigenvalue weighted by atomic mass is 10.2. The molecule has 0 saturated carbocycles. The van der Waals surface area contributed by atoms with Crippen LogP contribution < -0.4 is 0 Å². The summed E-state index contributed by atoms with van der Waals surface area (Å²) >= 11 is 5.88. The van der Waals surface area contributed by atoms with Crippen molar-refractivity contribution in [3.05, 3.63) is 99.3 Å². The van der Waals surface area contributed by atoms with Crippen molar-refractivity contribution >= 4 is 49.1 Å². The number of fused-ring (bicyclic) bond motifs is 1. The fourth-order valence-electron chi connectivity index (χ4n) is 2.98. The van der Waals surface area contributed by atoms with E-state index in [9.17, 15) is 18.5 Å². The normalized spacial score (nSPS) is 12.2. The van der Waals surface area contributed by atoms with Crippen LogP contribution in [0.4, 0.5) is 5.69 Å². The second-order valence-corrected chi connectivity index (χ2v) is 8.72. The molecule has 0 unspecified atom stereocenters. The van der Waals surface area contributed by atoms with Crippen LogP contribution in [0.1, 0.15) is 11.4 Å². The molecule has 0 fully saturated rings. The number of H-pyrrole nitrogens is 1. The Labute approximate surface area is 176 Å². The minimum Gasteiger partial charge on any atom is -0.337 e. The molecule has 150 valence electrons. The minimum absolute atomic E-state index is 0.0339. The van der Waals surface area contributed by atoms with E-state index < -0.39 is 14.8 Å². The summed E-state index contributed by atoms with van der Waals surface area (Å²) in [6.07, 6.45) is 1.35. The number of sulfone groups is 1. The van der Waals surface area contributed by atoms with Crippen molar-refractivity contribution in [2.75, 3.05) is 0 Å². The van der Waals surface area contributed by atoms with Crippen LogP contribution in [0.15, 0.2) is 77.7 Å². The molecule has 0 aliphatic heterocycles. The van der Waals surface area contributed by atoms with Crippen molar-refractivity contribution < 1.29 is 13.3 Å². The Morgan fingerprint density at radius 3 is 2.43 bits per heavy atom. The van der Waals surface area contributed by atoms with E-state index in [1.54, 1.807) is 36.4 Å². The molecular weight excluding hydrogens is 426 g/mol. The van der Waals surface area contributed by atoms with Crippen LogP contribution in [0.5, 0.6) is 0 Å². The molecule has 0 bridgehead atoms. The lowest BCUT2D eigenvalue weighted by Gasteiger charge is -2.08. The van der Waals surface area contributed by atoms with E-state index >= 15 is 0 Å². The van der Waals surface area contributed by atoms with Gasteiger partial charge in [0.15, 0.2) is 0 Å². The zero-order chi connectivity index (χ0) is 21.3. The van der Waals surface area contributed by atoms with Crippen molar-refractivity contribution in [3.8, 4) is 0 Å². The Bertz CT molecular complexity index is 1360. The number of halogens is 1. The number of nitrogens with one attached hydrogen (secondary N) is 1. The van der Waals surface area contributed by atoms with E-state index in [0.717, 1.165) is 0 Å². The standard InChI is InChI=1S/C21H14ClN3O4S/c22-16-11-10-14(12-19(16)25(26)27)13-20(30(28,29)15-6-2-1-3-7-15)21-23-17-8-4-5-9-18(17)24-21/h1-13H,(H,23,24)/b20-13+. The Morgan fingerprint density at radius 1 is 1.03 bits per heavy atom. The summed E-state index contributed by atoms with van der Waals surface area (Å²) in [5, 5.41) is 11.2. The second kappa shape index (κ2) is 7.74. The molecule has 30 heavy (non-hydrogen) atoms. The van der Waals surface area contributed by atoms with Crippen molar-refractivity contribution in [1.82, 2.24) is 9.97 Å². The van der Waals surface area contributed by atoms with E-state index in [1.165, 1.54) is 36.4 Å². The van der Waals surface area contributed by atoms with E-state index in [1.807, 2.05) is 6.07 Å². The fourth-order valence-corrected chi connectivity index (χ4v) is 4.58. The number of aromatic nitrogens is 2. The summed E-state index contributed by atoms with van der Waals surface area (Å²) in [4.78, 5) is 18.0. The van der Waals surface area contributed by atoms with Crippen LogP contribution in [0, 0.1) is 10.1 Å². The number of hydrogen-bond acceptors (Lipinski definition) is 5. The van der Waals surface area contributed by atoms with Gasteiger partial charge in [0, 0.05) is 6.07 Å². The summed E-state index contributed by atoms with van der Waals surface area (Å²) in [6, 6.07) is 19.2. The van der Waals surface area contributed by atoms with Gasteiger partial charge < -0.3 is 4.98 Å². The number of benzene rings is 3. The highest BCUT2D eigenvalue weighted by molar-refractivity contribution is 8.00. The molecule has 3 aromatic carbocycles. The molecule has 1 aromatic heterocycles. The number of imidazole rings is 1. The van der Waals surface area contributed by atoms with Gasteiger partial charge in [-0.3, -0.25) is 10.1 Å². The van der Waals surface area contributed by atoms with Gasteiger partial charge in [-0.15, -0.1) is 0 Å². The SMILES string of the molecule is O=[N+]([O-])c1cc(/C=C(\c2nc3ccccc3[nH]2)S(=O)(=O)c2ccccc2)ccc1Cl. The Hall–Kier alpha value is -3.49. The van der Waals surface area contributed by atoms with Crippen molar-refractivity contribution in [2.24, 2.45) is 0 Å². The van der Waals surface area contributed by atoms with Gasteiger partial charge in [0.1, 0.15) is 15.8 Å². The number of nitro benzene ring substituents is 1. The van der Waals surface area contributed by atoms with Gasteiger partial charge in [-0.1, -0.05) is 48.0 Å². The topological polar surface area (TPSA) is 106 Å². The Balaban J connectivity index is 1.95. The number of aromatic amines is 1. The van der Waals surface area contributed by atoms with Crippen LogP contribution >= 0.6 is 11.6 Å². The predicted octanol–water partition coefficient (Wildman–Crippen LogP) is 5.10. The highest BCUT2D eigenvalue weighted by Crippen LogP contribution is 2.32. The number of nitrogens with zero attached hydrogens (tertiary/aromatic N) is 2. The molecule has 7 nitrogen and oxygen atoms in total. The second-order valence-electron chi connectivity index (χ2n) is 6.40. The predicted molar refractivity (Wildman–Crippen MR) is 116 cm³/mol. The number of nitro groups is 1. The van der Waals surface area contributed by atoms with Gasteiger partial charge in [0.25, 0.3) is 5.69 Å². The summed E-state index contributed by atoms with van der Waals surface area (Å²) < 4.78 is 26.8. The van der Waals surface area contributed by atoms with Gasteiger partial charge in [-0.05, 0) is 42.0 Å². The average Bonchev–Trinajstić information content (AvgIpc) is 3.17. The smallest absolute Gasteiger partial charge is 0.288 e. The lowest BCUT2D eigenvalue weighted by molar-refractivity contribution is -0.384. The summed E-state index contributed by atoms with van der Waals surface area (Å²) in [6.45, 7) is 0. The molecule has 0 saturated heterocycles. The Kier molecular flexibility index (Phi) is 5.11. The van der Waals surface area contributed by atoms with Crippen molar-refractivity contribution in [2.45, 2.75) is 4.90 Å². The highest BCUT2D eigenvalue weighted by atomic mass is 35.5. The molecular formula is C21H14ClN3O4S. The van der Waals surface area contributed by atoms with E-state index in [4.69, 9.17) is 11.6 Å². The molecule has 9 heteroatoms. The quantitative estimate of drug-likeness (QED) is 0.344. The lowest BCUT2D eigenvalue weighted by Crippen LogP contribution is -2.05. The third-order valence-electron chi connectivity index (χ3n) is 4.43. The molecule has 4 rings (SSSR count). The van der Waals surface area contributed by atoms with Gasteiger partial charge >= 0.3 is 0 Å². The number of para-hydroxylation sites is 2. The largest absolute Gasteiger partial charge is 0.337 e. The first-order valence-electron chi connectivity index (χ1n) is 8.77. The van der Waals surface area contributed by atoms with Crippen molar-refractivity contribution in [1.29, 1.82) is 0 Å². The van der Waals surface area contributed by atoms with Crippen molar-refractivity contribution in [3.63, 3.8) is 0 Å². The first-order valence-corrected chi connectivity index (χ1v) is 10.6. The minimum atomic E-state index is -3.98. The van der Waals surface area contributed by atoms with Crippen LogP contribution in [0.3, 0.4) is 0 Å². The first kappa shape index (κ1) is 19.8. The average molecular weight is 440 g/mol. The number of hydrogen-bond donors (Lipinski definition) is 1. The maximum atomic E-state index is 13.4. The van der Waals surface area contributed by atoms with Gasteiger partial charge in [-0.25, -0.2) is 13.4 Å². The highest BCUT2D eigenvalue weighted by Gasteiger charge is 2.25. The van der Waals surface area contributed by atoms with Gasteiger partial charge in [-0.2, -0.15) is 0 Å². The molecule has 0 spiro atoms. The summed E-state index contributed by atoms with van der Waals surface area (Å²) in [7, 11) is -3.98. The van der Waals surface area contributed by atoms with Crippen LogP contribution in [0.2, 0.25) is 5.02 Å². The molecule has 0 amide bonds. The first-order chi connectivity index (χ1) is 14.4. The molecule has 1 N–H and O–H groups in total. The number of rotatable bonds is 5. The van der Waals surface area contributed by atoms with E-state index in [0.29, 0.717) is 16.6 Å². The Morgan fingerprint density at radius 2 is 1.73 bits per heavy atom. The molecule has 0 aliphatic rings. The molecule has 1 heterocycles. The molecule has 0 aliphatic carbocycles. The zero-order valence-corrected chi connectivity index (χ0v) is 16.9. The summed E-state index contributed by atoms with van der Waals surface area (Å²) in [5.74, 6) is 0.137. The monoisotopic (exact) mass is 439 g/mol. The van der Waals surface area contributed by atoms with Crippen LogP contribution in [-0.4, -0.2) is 23.3 Å². The van der Waals surface area contributed by atoms with E-state index in [-0.39, 0.29) is 26.3 Å². The zero-order valence-electron chi connectivity index (χ0n) is 15.3. The van der Waals surface area contributed by atoms with Crippen LogP contribution in [-0.2, 0) is 9.84 Å². The maximum Gasteiger partial charge on any atom is 0.288 e. The van der Waals surface area contributed by atoms with Gasteiger partial charge in [0.2, 0.25) is 9.84 Å². The van der Waals surface area contributed by atoms with Gasteiger partial charge in [0.05, 0.1) is 20.9 Å². The third-order valence-corrected chi connectivity index (χ3v) is 6.53.